The molecule has 1 aromatic carbocycles. The lowest BCUT2D eigenvalue weighted by Gasteiger charge is -2.39. The number of fused-ring (bicyclic) bond motifs is 1. The Morgan fingerprint density at radius 3 is 2.77 bits per heavy atom. The van der Waals surface area contributed by atoms with Crippen LogP contribution < -0.4 is 0 Å². The van der Waals surface area contributed by atoms with Crippen molar-refractivity contribution in [2.75, 3.05) is 6.54 Å². The quantitative estimate of drug-likeness (QED) is 0.780. The van der Waals surface area contributed by atoms with Crippen LogP contribution in [0.25, 0.3) is 10.9 Å². The molecule has 26 heavy (non-hydrogen) atoms. The van der Waals surface area contributed by atoms with E-state index in [9.17, 15) is 9.90 Å². The molecule has 1 N–H and O–H groups in total. The van der Waals surface area contributed by atoms with Crippen LogP contribution in [0.4, 0.5) is 0 Å². The van der Waals surface area contributed by atoms with Crippen molar-refractivity contribution >= 4 is 16.9 Å². The first-order valence-corrected chi connectivity index (χ1v) is 8.98. The summed E-state index contributed by atoms with van der Waals surface area (Å²) in [4.78, 5) is 23.1. The first-order valence-electron chi connectivity index (χ1n) is 8.98. The third kappa shape index (κ3) is 3.18. The molecule has 2 atom stereocenters. The van der Waals surface area contributed by atoms with Gasteiger partial charge in [0.1, 0.15) is 6.04 Å². The summed E-state index contributed by atoms with van der Waals surface area (Å²) in [5.41, 5.74) is 2.78. The zero-order valence-electron chi connectivity index (χ0n) is 14.5. The fraction of sp³-hybridized carbons (Fsp3) is 0.286. The zero-order valence-corrected chi connectivity index (χ0v) is 14.5. The van der Waals surface area contributed by atoms with Crippen molar-refractivity contribution in [1.29, 1.82) is 0 Å². The van der Waals surface area contributed by atoms with Gasteiger partial charge in [-0.2, -0.15) is 0 Å². The first-order chi connectivity index (χ1) is 12.7. The van der Waals surface area contributed by atoms with E-state index in [0.29, 0.717) is 6.42 Å². The van der Waals surface area contributed by atoms with Crippen LogP contribution in [0.15, 0.2) is 60.9 Å². The molecule has 2 unspecified atom stereocenters. The molecule has 5 heteroatoms. The predicted octanol–water partition coefficient (Wildman–Crippen LogP) is 3.66. The number of benzene rings is 1. The Labute approximate surface area is 152 Å². The minimum atomic E-state index is -0.764. The second kappa shape index (κ2) is 7.22. The Balaban J connectivity index is 1.83. The molecule has 3 aromatic rings. The molecular formula is C21H21N3O2. The second-order valence-corrected chi connectivity index (χ2v) is 6.71. The summed E-state index contributed by atoms with van der Waals surface area (Å²) in [6.45, 7) is 0.741. The molecule has 2 aromatic heterocycles. The van der Waals surface area contributed by atoms with Gasteiger partial charge in [0.25, 0.3) is 0 Å². The molecule has 1 aliphatic rings. The average Bonchev–Trinajstić information content (AvgIpc) is 2.69. The number of carboxylic acid groups (broad SMARTS) is 1. The van der Waals surface area contributed by atoms with E-state index in [1.807, 2.05) is 48.7 Å². The van der Waals surface area contributed by atoms with Gasteiger partial charge in [-0.25, -0.2) is 0 Å². The summed E-state index contributed by atoms with van der Waals surface area (Å²) >= 11 is 0. The fourth-order valence-corrected chi connectivity index (χ4v) is 3.84. The number of carboxylic acids is 1. The second-order valence-electron chi connectivity index (χ2n) is 6.71. The standard InChI is InChI=1S/C21H21N3O2/c25-21(26)19-10-4-6-12-24(19)20(18-9-3-5-11-22-18)16-13-15-7-1-2-8-17(15)23-14-16/h1-3,5,7-9,11,13-14,19-20H,4,6,10,12H2,(H,25,26). The van der Waals surface area contributed by atoms with E-state index >= 15 is 0 Å². The van der Waals surface area contributed by atoms with Crippen molar-refractivity contribution < 1.29 is 9.90 Å². The van der Waals surface area contributed by atoms with Crippen molar-refractivity contribution in [2.24, 2.45) is 0 Å². The minimum absolute atomic E-state index is 0.213. The van der Waals surface area contributed by atoms with E-state index in [0.717, 1.165) is 41.5 Å². The number of para-hydroxylation sites is 1. The van der Waals surface area contributed by atoms with Crippen LogP contribution in [0.3, 0.4) is 0 Å². The van der Waals surface area contributed by atoms with Crippen molar-refractivity contribution in [2.45, 2.75) is 31.3 Å². The summed E-state index contributed by atoms with van der Waals surface area (Å²) in [5, 5.41) is 10.8. The van der Waals surface area contributed by atoms with Crippen LogP contribution in [-0.2, 0) is 4.79 Å². The number of hydrogen-bond donors (Lipinski definition) is 1. The molecule has 3 heterocycles. The maximum absolute atomic E-state index is 11.9. The lowest BCUT2D eigenvalue weighted by Crippen LogP contribution is -2.47. The van der Waals surface area contributed by atoms with Crippen molar-refractivity contribution in [3.63, 3.8) is 0 Å². The minimum Gasteiger partial charge on any atom is -0.480 e. The SMILES string of the molecule is O=C(O)C1CCCCN1C(c1cnc2ccccc2c1)c1ccccn1. The maximum atomic E-state index is 11.9. The molecule has 0 spiro atoms. The highest BCUT2D eigenvalue weighted by Crippen LogP contribution is 2.34. The summed E-state index contributed by atoms with van der Waals surface area (Å²) in [5.74, 6) is -0.764. The highest BCUT2D eigenvalue weighted by atomic mass is 16.4. The van der Waals surface area contributed by atoms with Crippen LogP contribution in [-0.4, -0.2) is 38.5 Å². The molecule has 0 aliphatic carbocycles. The van der Waals surface area contributed by atoms with Gasteiger partial charge < -0.3 is 5.11 Å². The number of aliphatic carboxylic acids is 1. The summed E-state index contributed by atoms with van der Waals surface area (Å²) in [7, 11) is 0. The molecule has 1 aliphatic heterocycles. The molecule has 0 bridgehead atoms. The Morgan fingerprint density at radius 1 is 1.12 bits per heavy atom. The monoisotopic (exact) mass is 347 g/mol. The van der Waals surface area contributed by atoms with Gasteiger partial charge in [-0.15, -0.1) is 0 Å². The third-order valence-electron chi connectivity index (χ3n) is 5.06. The van der Waals surface area contributed by atoms with Crippen LogP contribution in [0, 0.1) is 0 Å². The molecule has 5 nitrogen and oxygen atoms in total. The molecule has 0 amide bonds. The number of pyridine rings is 2. The normalized spacial score (nSPS) is 19.3. The number of aromatic nitrogens is 2. The molecule has 4 rings (SSSR count). The van der Waals surface area contributed by atoms with Gasteiger partial charge >= 0.3 is 5.97 Å². The maximum Gasteiger partial charge on any atom is 0.320 e. The third-order valence-corrected chi connectivity index (χ3v) is 5.06. The van der Waals surface area contributed by atoms with Crippen molar-refractivity contribution in [3.8, 4) is 0 Å². The molecular weight excluding hydrogens is 326 g/mol. The van der Waals surface area contributed by atoms with Crippen LogP contribution >= 0.6 is 0 Å². The predicted molar refractivity (Wildman–Crippen MR) is 99.8 cm³/mol. The number of piperidine rings is 1. The fourth-order valence-electron chi connectivity index (χ4n) is 3.84. The highest BCUT2D eigenvalue weighted by molar-refractivity contribution is 5.79. The summed E-state index contributed by atoms with van der Waals surface area (Å²) < 4.78 is 0. The Morgan fingerprint density at radius 2 is 1.96 bits per heavy atom. The van der Waals surface area contributed by atoms with Gasteiger partial charge in [0, 0.05) is 17.8 Å². The largest absolute Gasteiger partial charge is 0.480 e. The Hall–Kier alpha value is -2.79. The Bertz CT molecular complexity index is 913. The number of hydrogen-bond acceptors (Lipinski definition) is 4. The van der Waals surface area contributed by atoms with Gasteiger partial charge in [-0.1, -0.05) is 30.7 Å². The van der Waals surface area contributed by atoms with Crippen LogP contribution in [0.1, 0.15) is 36.6 Å². The van der Waals surface area contributed by atoms with Gasteiger partial charge in [0.15, 0.2) is 0 Å². The average molecular weight is 347 g/mol. The van der Waals surface area contributed by atoms with E-state index in [1.54, 1.807) is 6.20 Å². The van der Waals surface area contributed by atoms with E-state index < -0.39 is 12.0 Å². The topological polar surface area (TPSA) is 66.3 Å². The molecule has 1 saturated heterocycles. The van der Waals surface area contributed by atoms with Gasteiger partial charge in [-0.3, -0.25) is 19.7 Å². The highest BCUT2D eigenvalue weighted by Gasteiger charge is 2.35. The molecule has 0 saturated carbocycles. The zero-order chi connectivity index (χ0) is 17.9. The lowest BCUT2D eigenvalue weighted by atomic mass is 9.94. The summed E-state index contributed by atoms with van der Waals surface area (Å²) in [6.07, 6.45) is 6.22. The van der Waals surface area contributed by atoms with Gasteiger partial charge in [0.2, 0.25) is 0 Å². The van der Waals surface area contributed by atoms with Crippen LogP contribution in [0.2, 0.25) is 0 Å². The molecule has 0 radical (unpaired) electrons. The van der Waals surface area contributed by atoms with E-state index in [2.05, 4.69) is 20.9 Å². The lowest BCUT2D eigenvalue weighted by molar-refractivity contribution is -0.145. The van der Waals surface area contributed by atoms with Crippen LogP contribution in [0.5, 0.6) is 0 Å². The van der Waals surface area contributed by atoms with Crippen molar-refractivity contribution in [3.05, 3.63) is 72.2 Å². The van der Waals surface area contributed by atoms with Crippen molar-refractivity contribution in [1.82, 2.24) is 14.9 Å². The molecule has 132 valence electrons. The Kier molecular flexibility index (Phi) is 4.63. The summed E-state index contributed by atoms with van der Waals surface area (Å²) in [6, 6.07) is 15.2. The number of rotatable bonds is 4. The first kappa shape index (κ1) is 16.7. The van der Waals surface area contributed by atoms with E-state index in [1.165, 1.54) is 0 Å². The number of likely N-dealkylation sites (tertiary alicyclic amines) is 1. The number of carbonyl (C=O) groups is 1. The van der Waals surface area contributed by atoms with E-state index in [-0.39, 0.29) is 6.04 Å². The van der Waals surface area contributed by atoms with Gasteiger partial charge in [0.05, 0.1) is 17.3 Å². The number of nitrogens with zero attached hydrogens (tertiary/aromatic N) is 3. The van der Waals surface area contributed by atoms with E-state index in [4.69, 9.17) is 0 Å². The smallest absolute Gasteiger partial charge is 0.320 e. The molecule has 1 fully saturated rings. The van der Waals surface area contributed by atoms with Gasteiger partial charge in [-0.05, 0) is 49.2 Å².